The first-order valence-electron chi connectivity index (χ1n) is 1.76. The van der Waals surface area contributed by atoms with Gasteiger partial charge in [-0.05, 0) is 0 Å². The summed E-state index contributed by atoms with van der Waals surface area (Å²) >= 11 is 0. The molecule has 0 aliphatic rings. The Bertz CT molecular complexity index is 110. The van der Waals surface area contributed by atoms with Crippen molar-refractivity contribution in [3.05, 3.63) is 0 Å². The van der Waals surface area contributed by atoms with E-state index >= 15 is 0 Å². The molecule has 5 nitrogen and oxygen atoms in total. The Labute approximate surface area is 50.3 Å². The molecule has 0 aromatic carbocycles. The van der Waals surface area contributed by atoms with E-state index in [2.05, 4.69) is 0 Å². The van der Waals surface area contributed by atoms with E-state index in [1.165, 1.54) is 0 Å². The first-order chi connectivity index (χ1) is 4.18. The molecule has 0 heterocycles. The Balaban J connectivity index is 0. The molecule has 5 heteroatoms. The monoisotopic (exact) mass is 132 g/mol. The molecule has 0 unspecified atom stereocenters. The van der Waals surface area contributed by atoms with E-state index in [1.54, 1.807) is 0 Å². The third-order valence-corrected chi connectivity index (χ3v) is 0.156. The number of carboxylic acids is 1. The van der Waals surface area contributed by atoms with Crippen LogP contribution in [0.15, 0.2) is 0 Å². The lowest BCUT2D eigenvalue weighted by Gasteiger charge is -1.59. The summed E-state index contributed by atoms with van der Waals surface area (Å²) in [5.41, 5.74) is 0. The lowest BCUT2D eigenvalue weighted by Crippen LogP contribution is -1.91. The molecule has 0 aromatic heterocycles. The van der Waals surface area contributed by atoms with Crippen molar-refractivity contribution in [1.82, 2.24) is 0 Å². The molecule has 0 atom stereocenters. The van der Waals surface area contributed by atoms with Crippen molar-refractivity contribution in [1.29, 1.82) is 0 Å². The van der Waals surface area contributed by atoms with E-state index in [1.807, 2.05) is 0 Å². The smallest absolute Gasteiger partial charge is 0.368 e. The Hall–Kier alpha value is -1.52. The number of rotatable bonds is 2. The maximum absolute atomic E-state index is 9.00. The van der Waals surface area contributed by atoms with Crippen molar-refractivity contribution >= 4 is 24.8 Å². The van der Waals surface area contributed by atoms with Crippen molar-refractivity contribution in [3.63, 3.8) is 0 Å². The van der Waals surface area contributed by atoms with Gasteiger partial charge < -0.3 is 5.11 Å². The predicted octanol–water partition coefficient (Wildman–Crippen LogP) is -1.35. The molecule has 0 aliphatic heterocycles. The largest absolute Gasteiger partial charge is 0.476 e. The van der Waals surface area contributed by atoms with Gasteiger partial charge >= 0.3 is 5.97 Å². The van der Waals surface area contributed by atoms with Crippen LogP contribution in [0.2, 0.25) is 0 Å². The Morgan fingerprint density at radius 3 is 1.33 bits per heavy atom. The molecular formula is C4H4O5. The van der Waals surface area contributed by atoms with Crippen molar-refractivity contribution in [3.8, 4) is 0 Å². The van der Waals surface area contributed by atoms with Gasteiger partial charge in [0.1, 0.15) is 0 Å². The van der Waals surface area contributed by atoms with Crippen molar-refractivity contribution in [2.24, 2.45) is 0 Å². The Kier molecular flexibility index (Phi) is 11.3. The predicted molar refractivity (Wildman–Crippen MR) is 25.8 cm³/mol. The third kappa shape index (κ3) is 59.4. The van der Waals surface area contributed by atoms with Gasteiger partial charge in [-0.25, -0.2) is 4.79 Å². The standard InChI is InChI=1S/C2H2O3.C2H2O2/c3-1-2(4)5;3-1-2-4/h1H,(H,4,5);1-2H. The molecule has 0 radical (unpaired) electrons. The van der Waals surface area contributed by atoms with Crippen LogP contribution in [0.5, 0.6) is 0 Å². The lowest BCUT2D eigenvalue weighted by molar-refractivity contribution is -0.143. The van der Waals surface area contributed by atoms with Gasteiger partial charge in [0.25, 0.3) is 0 Å². The molecule has 0 amide bonds. The summed E-state index contributed by atoms with van der Waals surface area (Å²) in [6.07, 6.45) is 0.222. The minimum Gasteiger partial charge on any atom is -0.476 e. The second-order valence-corrected chi connectivity index (χ2v) is 0.728. The molecule has 9 heavy (non-hydrogen) atoms. The fourth-order valence-electron chi connectivity index (χ4n) is 0. The Morgan fingerprint density at radius 2 is 1.33 bits per heavy atom. The topological polar surface area (TPSA) is 88.5 Å². The highest BCUT2D eigenvalue weighted by atomic mass is 16.4. The zero-order chi connectivity index (χ0) is 7.70. The zero-order valence-corrected chi connectivity index (χ0v) is 4.31. The number of hydrogen-bond acceptors (Lipinski definition) is 4. The van der Waals surface area contributed by atoms with Crippen LogP contribution in [-0.4, -0.2) is 29.9 Å². The maximum atomic E-state index is 9.00. The van der Waals surface area contributed by atoms with Crippen molar-refractivity contribution in [2.75, 3.05) is 0 Å². The van der Waals surface area contributed by atoms with Crippen LogP contribution in [0, 0.1) is 0 Å². The highest BCUT2D eigenvalue weighted by Gasteiger charge is 1.80. The normalized spacial score (nSPS) is 5.78. The van der Waals surface area contributed by atoms with Gasteiger partial charge in [0.15, 0.2) is 12.6 Å². The molecule has 0 bridgehead atoms. The van der Waals surface area contributed by atoms with Gasteiger partial charge in [-0.15, -0.1) is 0 Å². The van der Waals surface area contributed by atoms with Gasteiger partial charge in [-0.2, -0.15) is 0 Å². The Morgan fingerprint density at radius 1 is 1.11 bits per heavy atom. The summed E-state index contributed by atoms with van der Waals surface area (Å²) < 4.78 is 0. The van der Waals surface area contributed by atoms with Crippen molar-refractivity contribution < 1.29 is 24.3 Å². The second kappa shape index (κ2) is 9.70. The molecule has 0 rings (SSSR count). The van der Waals surface area contributed by atoms with E-state index in [4.69, 9.17) is 24.3 Å². The minimum atomic E-state index is -1.43. The summed E-state index contributed by atoms with van der Waals surface area (Å²) in [5, 5.41) is 7.35. The van der Waals surface area contributed by atoms with Crippen LogP contribution in [-0.2, 0) is 19.2 Å². The first kappa shape index (κ1) is 10.5. The number of hydrogen-bond donors (Lipinski definition) is 1. The SMILES string of the molecule is O=CC(=O)O.O=CC=O. The third-order valence-electron chi connectivity index (χ3n) is 0.156. The highest BCUT2D eigenvalue weighted by Crippen LogP contribution is 1.39. The zero-order valence-electron chi connectivity index (χ0n) is 4.31. The van der Waals surface area contributed by atoms with E-state index in [0.717, 1.165) is 0 Å². The van der Waals surface area contributed by atoms with Crippen LogP contribution >= 0.6 is 0 Å². The van der Waals surface area contributed by atoms with Crippen molar-refractivity contribution in [2.45, 2.75) is 0 Å². The first-order valence-corrected chi connectivity index (χ1v) is 1.76. The highest BCUT2D eigenvalue weighted by molar-refractivity contribution is 6.19. The summed E-state index contributed by atoms with van der Waals surface area (Å²) in [4.78, 5) is 35.5. The molecular weight excluding hydrogens is 128 g/mol. The van der Waals surface area contributed by atoms with Gasteiger partial charge in [-0.3, -0.25) is 14.4 Å². The average molecular weight is 132 g/mol. The molecule has 50 valence electrons. The minimum absolute atomic E-state index is 0.167. The van der Waals surface area contributed by atoms with E-state index in [9.17, 15) is 0 Å². The molecule has 0 aliphatic carbocycles. The van der Waals surface area contributed by atoms with E-state index < -0.39 is 5.97 Å². The summed E-state index contributed by atoms with van der Waals surface area (Å²) in [5.74, 6) is -1.43. The lowest BCUT2D eigenvalue weighted by atomic mass is 10.8. The average Bonchev–Trinajstić information content (AvgIpc) is 1.89. The summed E-state index contributed by atoms with van der Waals surface area (Å²) in [7, 11) is 0. The summed E-state index contributed by atoms with van der Waals surface area (Å²) in [6.45, 7) is 0. The molecule has 0 saturated heterocycles. The van der Waals surface area contributed by atoms with Crippen LogP contribution in [0.25, 0.3) is 0 Å². The van der Waals surface area contributed by atoms with Crippen LogP contribution in [0.1, 0.15) is 0 Å². The van der Waals surface area contributed by atoms with Crippen LogP contribution < -0.4 is 0 Å². The van der Waals surface area contributed by atoms with Gasteiger partial charge in [0, 0.05) is 0 Å². The number of aldehydes is 3. The number of carbonyl (C=O) groups excluding carboxylic acids is 3. The molecule has 0 aromatic rings. The maximum Gasteiger partial charge on any atom is 0.368 e. The second-order valence-electron chi connectivity index (χ2n) is 0.728. The molecule has 0 spiro atoms. The quantitative estimate of drug-likeness (QED) is 0.370. The van der Waals surface area contributed by atoms with Gasteiger partial charge in [0.05, 0.1) is 0 Å². The van der Waals surface area contributed by atoms with Crippen LogP contribution in [0.4, 0.5) is 0 Å². The number of carboxylic acid groups (broad SMARTS) is 1. The molecule has 1 N–H and O–H groups in total. The van der Waals surface area contributed by atoms with Gasteiger partial charge in [0.2, 0.25) is 6.29 Å². The number of carbonyl (C=O) groups is 4. The van der Waals surface area contributed by atoms with E-state index in [-0.39, 0.29) is 18.9 Å². The fraction of sp³-hybridized carbons (Fsp3) is 0. The summed E-state index contributed by atoms with van der Waals surface area (Å²) in [6, 6.07) is 0. The van der Waals surface area contributed by atoms with Crippen LogP contribution in [0.3, 0.4) is 0 Å². The molecule has 0 fully saturated rings. The molecule has 0 saturated carbocycles. The number of aliphatic carboxylic acids is 1. The van der Waals surface area contributed by atoms with E-state index in [0.29, 0.717) is 0 Å². The fourth-order valence-corrected chi connectivity index (χ4v) is 0. The van der Waals surface area contributed by atoms with Gasteiger partial charge in [-0.1, -0.05) is 0 Å².